The summed E-state index contributed by atoms with van der Waals surface area (Å²) >= 11 is 2.99. The van der Waals surface area contributed by atoms with E-state index in [1.54, 1.807) is 6.07 Å². The predicted molar refractivity (Wildman–Crippen MR) is 45.1 cm³/mol. The number of nitrogen functional groups attached to an aromatic ring is 1. The van der Waals surface area contributed by atoms with Crippen LogP contribution in [0.15, 0.2) is 16.6 Å². The third-order valence-corrected chi connectivity index (χ3v) is 2.10. The van der Waals surface area contributed by atoms with Gasteiger partial charge in [-0.1, -0.05) is 0 Å². The van der Waals surface area contributed by atoms with Crippen LogP contribution in [0.2, 0.25) is 0 Å². The van der Waals surface area contributed by atoms with E-state index in [-0.39, 0.29) is 10.2 Å². The van der Waals surface area contributed by atoms with Gasteiger partial charge in [0.2, 0.25) is 0 Å². The molecule has 11 heavy (non-hydrogen) atoms. The molecule has 0 unspecified atom stereocenters. The topological polar surface area (TPSA) is 35.2 Å². The summed E-state index contributed by atoms with van der Waals surface area (Å²) in [6.07, 6.45) is 0. The van der Waals surface area contributed by atoms with Gasteiger partial charge in [-0.25, -0.2) is 4.39 Å². The third kappa shape index (κ3) is 1.45. The van der Waals surface area contributed by atoms with Crippen molar-refractivity contribution in [2.24, 2.45) is 0 Å². The Kier molecular flexibility index (Phi) is 2.34. The first-order valence-electron chi connectivity index (χ1n) is 2.94. The normalized spacial score (nSPS) is 9.73. The van der Waals surface area contributed by atoms with Gasteiger partial charge in [0, 0.05) is 5.69 Å². The van der Waals surface area contributed by atoms with E-state index in [0.29, 0.717) is 5.69 Å². The van der Waals surface area contributed by atoms with Gasteiger partial charge in [-0.2, -0.15) is 0 Å². The van der Waals surface area contributed by atoms with Crippen LogP contribution in [0.25, 0.3) is 0 Å². The molecule has 0 spiro atoms. The lowest BCUT2D eigenvalue weighted by molar-refractivity contribution is 0.385. The fourth-order valence-electron chi connectivity index (χ4n) is 0.704. The summed E-state index contributed by atoms with van der Waals surface area (Å²) in [6.45, 7) is 0. The zero-order chi connectivity index (χ0) is 8.43. The van der Waals surface area contributed by atoms with E-state index in [9.17, 15) is 4.39 Å². The van der Waals surface area contributed by atoms with Gasteiger partial charge in [-0.3, -0.25) is 0 Å². The van der Waals surface area contributed by atoms with Crippen molar-refractivity contribution in [3.8, 4) is 5.75 Å². The minimum Gasteiger partial charge on any atom is -0.494 e. The van der Waals surface area contributed by atoms with Crippen LogP contribution in [0.4, 0.5) is 10.1 Å². The molecule has 2 N–H and O–H groups in total. The van der Waals surface area contributed by atoms with Gasteiger partial charge >= 0.3 is 0 Å². The molecular weight excluding hydrogens is 213 g/mol. The molecule has 60 valence electrons. The number of ether oxygens (including phenoxy) is 1. The Bertz CT molecular complexity index is 277. The lowest BCUT2D eigenvalue weighted by Gasteiger charge is -2.04. The van der Waals surface area contributed by atoms with E-state index in [4.69, 9.17) is 10.5 Å². The minimum atomic E-state index is -0.465. The van der Waals surface area contributed by atoms with E-state index in [1.807, 2.05) is 0 Å². The average molecular weight is 220 g/mol. The van der Waals surface area contributed by atoms with Gasteiger partial charge in [-0.05, 0) is 28.1 Å². The molecule has 4 heteroatoms. The maximum Gasteiger partial charge on any atom is 0.181 e. The maximum absolute atomic E-state index is 13.0. The van der Waals surface area contributed by atoms with Crippen molar-refractivity contribution in [2.75, 3.05) is 12.8 Å². The summed E-state index contributed by atoms with van der Waals surface area (Å²) in [4.78, 5) is 0. The summed E-state index contributed by atoms with van der Waals surface area (Å²) in [7, 11) is 1.40. The van der Waals surface area contributed by atoms with Crippen LogP contribution in [0, 0.1) is 5.82 Å². The van der Waals surface area contributed by atoms with E-state index < -0.39 is 5.82 Å². The molecule has 0 atom stereocenters. The monoisotopic (exact) mass is 219 g/mol. The Morgan fingerprint density at radius 2 is 2.18 bits per heavy atom. The molecule has 1 rings (SSSR count). The highest BCUT2D eigenvalue weighted by Gasteiger charge is 2.08. The second-order valence-electron chi connectivity index (χ2n) is 1.99. The summed E-state index contributed by atoms with van der Waals surface area (Å²) in [6, 6.07) is 3.06. The zero-order valence-electron chi connectivity index (χ0n) is 5.90. The fraction of sp³-hybridized carbons (Fsp3) is 0.143. The van der Waals surface area contributed by atoms with Gasteiger partial charge in [-0.15, -0.1) is 0 Å². The average Bonchev–Trinajstić information content (AvgIpc) is 2.01. The summed E-state index contributed by atoms with van der Waals surface area (Å²) in [5, 5.41) is 0. The zero-order valence-corrected chi connectivity index (χ0v) is 7.48. The van der Waals surface area contributed by atoms with E-state index in [0.717, 1.165) is 0 Å². The summed E-state index contributed by atoms with van der Waals surface area (Å²) in [5.74, 6) is -0.279. The Hall–Kier alpha value is -0.770. The second kappa shape index (κ2) is 3.09. The third-order valence-electron chi connectivity index (χ3n) is 1.30. The first-order valence-corrected chi connectivity index (χ1v) is 3.73. The van der Waals surface area contributed by atoms with E-state index in [2.05, 4.69) is 15.9 Å². The highest BCUT2D eigenvalue weighted by molar-refractivity contribution is 9.10. The van der Waals surface area contributed by atoms with Gasteiger partial charge in [0.15, 0.2) is 11.6 Å². The first kappa shape index (κ1) is 8.33. The van der Waals surface area contributed by atoms with Gasteiger partial charge in [0.1, 0.15) is 0 Å². The molecule has 1 aromatic rings. The van der Waals surface area contributed by atoms with Gasteiger partial charge in [0.05, 0.1) is 11.6 Å². The van der Waals surface area contributed by atoms with Crippen LogP contribution in [0.3, 0.4) is 0 Å². The second-order valence-corrected chi connectivity index (χ2v) is 2.78. The van der Waals surface area contributed by atoms with E-state index in [1.165, 1.54) is 13.2 Å². The number of anilines is 1. The molecule has 0 radical (unpaired) electrons. The number of benzene rings is 1. The van der Waals surface area contributed by atoms with Crippen LogP contribution in [0.1, 0.15) is 0 Å². The van der Waals surface area contributed by atoms with Crippen LogP contribution in [-0.4, -0.2) is 7.11 Å². The van der Waals surface area contributed by atoms with Crippen molar-refractivity contribution in [1.82, 2.24) is 0 Å². The van der Waals surface area contributed by atoms with Gasteiger partial charge < -0.3 is 10.5 Å². The molecule has 0 aliphatic heterocycles. The van der Waals surface area contributed by atoms with Crippen LogP contribution < -0.4 is 10.5 Å². The molecule has 0 saturated heterocycles. The van der Waals surface area contributed by atoms with Crippen molar-refractivity contribution in [1.29, 1.82) is 0 Å². The summed E-state index contributed by atoms with van der Waals surface area (Å²) < 4.78 is 18.0. The molecule has 0 fully saturated rings. The predicted octanol–water partition coefficient (Wildman–Crippen LogP) is 2.18. The molecule has 0 heterocycles. The lowest BCUT2D eigenvalue weighted by Crippen LogP contribution is -1.93. The smallest absolute Gasteiger partial charge is 0.181 e. The Labute approximate surface area is 72.3 Å². The molecule has 0 aliphatic carbocycles. The molecule has 0 aromatic heterocycles. The van der Waals surface area contributed by atoms with Crippen molar-refractivity contribution < 1.29 is 9.13 Å². The summed E-state index contributed by atoms with van der Waals surface area (Å²) in [5.41, 5.74) is 5.77. The SMILES string of the molecule is COc1ccc(N)c(Br)c1F. The van der Waals surface area contributed by atoms with Crippen molar-refractivity contribution in [3.63, 3.8) is 0 Å². The highest BCUT2D eigenvalue weighted by atomic mass is 79.9. The standard InChI is InChI=1S/C7H7BrFNO/c1-11-5-3-2-4(10)6(8)7(5)9/h2-3H,10H2,1H3. The quantitative estimate of drug-likeness (QED) is 0.736. The van der Waals surface area contributed by atoms with Crippen molar-refractivity contribution >= 4 is 21.6 Å². The lowest BCUT2D eigenvalue weighted by atomic mass is 10.3. The molecule has 0 amide bonds. The van der Waals surface area contributed by atoms with Crippen molar-refractivity contribution in [2.45, 2.75) is 0 Å². The van der Waals surface area contributed by atoms with Gasteiger partial charge in [0.25, 0.3) is 0 Å². The molecular formula is C7H7BrFNO. The molecule has 2 nitrogen and oxygen atoms in total. The highest BCUT2D eigenvalue weighted by Crippen LogP contribution is 2.29. The van der Waals surface area contributed by atoms with Crippen molar-refractivity contribution in [3.05, 3.63) is 22.4 Å². The molecule has 0 bridgehead atoms. The number of hydrogen-bond acceptors (Lipinski definition) is 2. The van der Waals surface area contributed by atoms with Crippen LogP contribution in [0.5, 0.6) is 5.75 Å². The minimum absolute atomic E-state index is 0.186. The number of nitrogens with two attached hydrogens (primary N) is 1. The maximum atomic E-state index is 13.0. The Morgan fingerprint density at radius 1 is 1.55 bits per heavy atom. The Balaban J connectivity index is 3.25. The Morgan fingerprint density at radius 3 is 2.73 bits per heavy atom. The number of hydrogen-bond donors (Lipinski definition) is 1. The fourth-order valence-corrected chi connectivity index (χ4v) is 1.03. The first-order chi connectivity index (χ1) is 5.16. The largest absolute Gasteiger partial charge is 0.494 e. The number of methoxy groups -OCH3 is 1. The number of rotatable bonds is 1. The number of halogens is 2. The molecule has 0 aliphatic rings. The molecule has 0 saturated carbocycles. The van der Waals surface area contributed by atoms with Crippen LogP contribution in [-0.2, 0) is 0 Å². The molecule has 1 aromatic carbocycles. The van der Waals surface area contributed by atoms with Crippen LogP contribution >= 0.6 is 15.9 Å². The van der Waals surface area contributed by atoms with E-state index >= 15 is 0 Å².